The van der Waals surface area contributed by atoms with Crippen molar-refractivity contribution in [2.45, 2.75) is 0 Å². The second-order valence-electron chi connectivity index (χ2n) is 3.70. The summed E-state index contributed by atoms with van der Waals surface area (Å²) in [5.41, 5.74) is 8.11. The molecule has 0 unspecified atom stereocenters. The van der Waals surface area contributed by atoms with E-state index in [0.29, 0.717) is 5.57 Å². The summed E-state index contributed by atoms with van der Waals surface area (Å²) < 4.78 is 0. The third kappa shape index (κ3) is 1.79. The Kier molecular flexibility index (Phi) is 3.09. The van der Waals surface area contributed by atoms with Crippen molar-refractivity contribution in [2.75, 3.05) is 6.54 Å². The zero-order valence-corrected chi connectivity index (χ0v) is 10.6. The van der Waals surface area contributed by atoms with Gasteiger partial charge in [-0.1, -0.05) is 6.08 Å². The number of nitrogens with zero attached hydrogens (tertiary/aromatic N) is 1. The highest BCUT2D eigenvalue weighted by Gasteiger charge is 2.24. The number of thiophene rings is 1. The molecule has 0 bridgehead atoms. The lowest BCUT2D eigenvalue weighted by atomic mass is 10.0. The first kappa shape index (κ1) is 12.0. The normalized spacial score (nSPS) is 16.4. The number of nitrogens with two attached hydrogens (primary N) is 1. The Balaban J connectivity index is 0.00000108. The van der Waals surface area contributed by atoms with Crippen LogP contribution in [0.15, 0.2) is 35.4 Å². The second kappa shape index (κ2) is 4.39. The molecule has 17 heavy (non-hydrogen) atoms. The smallest absolute Gasteiger partial charge is 0.250 e. The molecule has 0 aliphatic carbocycles. The number of carbonyl (C=O) groups is 1. The van der Waals surface area contributed by atoms with Crippen LogP contribution in [0, 0.1) is 0 Å². The SMILES string of the molecule is Cl.NC(=O)C1=C2c3sccc3C=CN2CC=C1. The van der Waals surface area contributed by atoms with Crippen LogP contribution in [0.5, 0.6) is 0 Å². The van der Waals surface area contributed by atoms with Crippen molar-refractivity contribution in [1.29, 1.82) is 0 Å². The van der Waals surface area contributed by atoms with Crippen molar-refractivity contribution in [2.24, 2.45) is 5.73 Å². The molecular formula is C12H11ClN2OS. The first-order valence-electron chi connectivity index (χ1n) is 5.00. The van der Waals surface area contributed by atoms with Gasteiger partial charge in [0.25, 0.3) is 5.91 Å². The van der Waals surface area contributed by atoms with Gasteiger partial charge in [0.05, 0.1) is 16.1 Å². The van der Waals surface area contributed by atoms with Gasteiger partial charge in [0.2, 0.25) is 0 Å². The van der Waals surface area contributed by atoms with Gasteiger partial charge in [0, 0.05) is 12.7 Å². The molecule has 0 aromatic carbocycles. The minimum absolute atomic E-state index is 0. The highest BCUT2D eigenvalue weighted by molar-refractivity contribution is 7.11. The van der Waals surface area contributed by atoms with E-state index < -0.39 is 0 Å². The molecule has 1 amide bonds. The van der Waals surface area contributed by atoms with Crippen LogP contribution in [0.25, 0.3) is 11.8 Å². The number of carbonyl (C=O) groups excluding carboxylic acids is 1. The van der Waals surface area contributed by atoms with Gasteiger partial charge in [-0.15, -0.1) is 23.7 Å². The molecule has 2 aliphatic heterocycles. The van der Waals surface area contributed by atoms with E-state index in [0.717, 1.165) is 22.7 Å². The average molecular weight is 267 g/mol. The van der Waals surface area contributed by atoms with Gasteiger partial charge in [0.1, 0.15) is 0 Å². The number of rotatable bonds is 1. The molecule has 3 heterocycles. The predicted molar refractivity (Wildman–Crippen MR) is 72.6 cm³/mol. The van der Waals surface area contributed by atoms with Gasteiger partial charge in [-0.2, -0.15) is 0 Å². The van der Waals surface area contributed by atoms with Crippen LogP contribution in [0.3, 0.4) is 0 Å². The fourth-order valence-electron chi connectivity index (χ4n) is 2.01. The van der Waals surface area contributed by atoms with E-state index in [1.807, 2.05) is 23.7 Å². The minimum Gasteiger partial charge on any atom is -0.366 e. The van der Waals surface area contributed by atoms with Crippen LogP contribution in [0.2, 0.25) is 0 Å². The Bertz CT molecular complexity index is 557. The van der Waals surface area contributed by atoms with E-state index >= 15 is 0 Å². The summed E-state index contributed by atoms with van der Waals surface area (Å²) in [4.78, 5) is 14.6. The largest absolute Gasteiger partial charge is 0.366 e. The molecule has 3 nitrogen and oxygen atoms in total. The van der Waals surface area contributed by atoms with Gasteiger partial charge in [-0.05, 0) is 29.2 Å². The molecule has 5 heteroatoms. The molecule has 0 saturated carbocycles. The molecule has 3 rings (SSSR count). The van der Waals surface area contributed by atoms with E-state index in [4.69, 9.17) is 5.73 Å². The molecule has 0 radical (unpaired) electrons. The predicted octanol–water partition coefficient (Wildman–Crippen LogP) is 2.22. The highest BCUT2D eigenvalue weighted by Crippen LogP contribution is 2.37. The lowest BCUT2D eigenvalue weighted by Gasteiger charge is -2.29. The monoisotopic (exact) mass is 266 g/mol. The first-order valence-corrected chi connectivity index (χ1v) is 5.88. The van der Waals surface area contributed by atoms with Gasteiger partial charge in [0.15, 0.2) is 0 Å². The van der Waals surface area contributed by atoms with Crippen LogP contribution in [0.1, 0.15) is 10.4 Å². The molecule has 2 aliphatic rings. The molecule has 1 aromatic heterocycles. The maximum absolute atomic E-state index is 11.4. The Hall–Kier alpha value is -1.52. The van der Waals surface area contributed by atoms with Crippen LogP contribution >= 0.6 is 23.7 Å². The molecule has 0 saturated heterocycles. The summed E-state index contributed by atoms with van der Waals surface area (Å²) in [5.74, 6) is -0.370. The number of amides is 1. The number of fused-ring (bicyclic) bond motifs is 3. The molecule has 2 N–H and O–H groups in total. The van der Waals surface area contributed by atoms with Gasteiger partial charge in [-0.3, -0.25) is 4.79 Å². The zero-order chi connectivity index (χ0) is 11.1. The van der Waals surface area contributed by atoms with Crippen molar-refractivity contribution >= 4 is 41.4 Å². The van der Waals surface area contributed by atoms with Crippen molar-refractivity contribution in [3.63, 3.8) is 0 Å². The fourth-order valence-corrected chi connectivity index (χ4v) is 2.97. The summed E-state index contributed by atoms with van der Waals surface area (Å²) >= 11 is 1.64. The van der Waals surface area contributed by atoms with Crippen molar-refractivity contribution in [3.8, 4) is 0 Å². The van der Waals surface area contributed by atoms with Gasteiger partial charge >= 0.3 is 0 Å². The van der Waals surface area contributed by atoms with Crippen LogP contribution < -0.4 is 5.73 Å². The maximum Gasteiger partial charge on any atom is 0.250 e. The van der Waals surface area contributed by atoms with Gasteiger partial charge in [-0.25, -0.2) is 0 Å². The van der Waals surface area contributed by atoms with E-state index in [1.165, 1.54) is 0 Å². The number of hydrogen-bond acceptors (Lipinski definition) is 3. The minimum atomic E-state index is -0.370. The standard InChI is InChI=1S/C12H10N2OS.ClH/c13-12(15)9-2-1-5-14-6-3-8-4-7-16-11(8)10(9)14;/h1-4,6-7H,5H2,(H2,13,15);1H. The van der Waals surface area contributed by atoms with Crippen LogP contribution in [-0.4, -0.2) is 17.4 Å². The number of primary amides is 1. The van der Waals surface area contributed by atoms with Crippen molar-refractivity contribution in [1.82, 2.24) is 4.90 Å². The topological polar surface area (TPSA) is 46.3 Å². The van der Waals surface area contributed by atoms with Crippen LogP contribution in [0.4, 0.5) is 0 Å². The first-order chi connectivity index (χ1) is 7.77. The van der Waals surface area contributed by atoms with E-state index in [2.05, 4.69) is 17.0 Å². The third-order valence-electron chi connectivity index (χ3n) is 2.74. The number of hydrogen-bond donors (Lipinski definition) is 1. The van der Waals surface area contributed by atoms with Crippen molar-refractivity contribution in [3.05, 3.63) is 45.8 Å². The Morgan fingerprint density at radius 2 is 2.24 bits per heavy atom. The van der Waals surface area contributed by atoms with E-state index in [1.54, 1.807) is 11.3 Å². The van der Waals surface area contributed by atoms with E-state index in [-0.39, 0.29) is 18.3 Å². The summed E-state index contributed by atoms with van der Waals surface area (Å²) in [5, 5.41) is 2.03. The van der Waals surface area contributed by atoms with Crippen LogP contribution in [-0.2, 0) is 4.79 Å². The highest BCUT2D eigenvalue weighted by atomic mass is 35.5. The van der Waals surface area contributed by atoms with Gasteiger partial charge < -0.3 is 10.6 Å². The Labute approximate surface area is 109 Å². The second-order valence-corrected chi connectivity index (χ2v) is 4.62. The fraction of sp³-hybridized carbons (Fsp3) is 0.0833. The molecular weight excluding hydrogens is 256 g/mol. The lowest BCUT2D eigenvalue weighted by molar-refractivity contribution is -0.114. The van der Waals surface area contributed by atoms with Crippen molar-refractivity contribution < 1.29 is 4.79 Å². The number of halogens is 1. The zero-order valence-electron chi connectivity index (χ0n) is 8.92. The molecule has 1 aromatic rings. The Morgan fingerprint density at radius 3 is 3.00 bits per heavy atom. The molecule has 0 fully saturated rings. The molecule has 0 spiro atoms. The average Bonchev–Trinajstić information content (AvgIpc) is 2.76. The third-order valence-corrected chi connectivity index (χ3v) is 3.68. The molecule has 88 valence electrons. The summed E-state index contributed by atoms with van der Waals surface area (Å²) in [6, 6.07) is 2.05. The lowest BCUT2D eigenvalue weighted by Crippen LogP contribution is -2.26. The summed E-state index contributed by atoms with van der Waals surface area (Å²) in [6.07, 6.45) is 7.83. The Morgan fingerprint density at radius 1 is 1.41 bits per heavy atom. The maximum atomic E-state index is 11.4. The summed E-state index contributed by atoms with van der Waals surface area (Å²) in [7, 11) is 0. The molecule has 0 atom stereocenters. The van der Waals surface area contributed by atoms with E-state index in [9.17, 15) is 4.79 Å². The quantitative estimate of drug-likeness (QED) is 0.847. The summed E-state index contributed by atoms with van der Waals surface area (Å²) in [6.45, 7) is 0.792.